The van der Waals surface area contributed by atoms with Crippen LogP contribution in [0.1, 0.15) is 54.0 Å². The Morgan fingerprint density at radius 2 is 1.86 bits per heavy atom. The molecule has 0 saturated carbocycles. The molecule has 2 amide bonds. The number of nitrogens with zero attached hydrogens (tertiary/aromatic N) is 2. The van der Waals surface area contributed by atoms with Gasteiger partial charge in [0.25, 0.3) is 0 Å². The molecular weight excluding hydrogens is 490 g/mol. The van der Waals surface area contributed by atoms with Crippen LogP contribution in [-0.2, 0) is 20.5 Å². The summed E-state index contributed by atoms with van der Waals surface area (Å²) in [6.07, 6.45) is -3.52. The van der Waals surface area contributed by atoms with Crippen molar-refractivity contribution in [1.82, 2.24) is 9.88 Å². The summed E-state index contributed by atoms with van der Waals surface area (Å²) < 4.78 is 59.0. The summed E-state index contributed by atoms with van der Waals surface area (Å²) in [5, 5.41) is 1.90. The third-order valence-corrected chi connectivity index (χ3v) is 6.66. The number of carbonyl (C=O) groups excluding carboxylic acids is 3. The number of amides is 2. The molecule has 7 nitrogen and oxygen atoms in total. The maximum Gasteiger partial charge on any atom is 0.435 e. The van der Waals surface area contributed by atoms with Gasteiger partial charge in [0.1, 0.15) is 10.7 Å². The zero-order chi connectivity index (χ0) is 26.0. The molecule has 1 aliphatic rings. The number of rotatable bonds is 8. The molecule has 0 aliphatic carbocycles. The topological polar surface area (TPSA) is 88.6 Å². The van der Waals surface area contributed by atoms with Crippen molar-refractivity contribution in [3.05, 3.63) is 46.2 Å². The molecule has 35 heavy (non-hydrogen) atoms. The highest BCUT2D eigenvalue weighted by atomic mass is 32.1. The first-order valence-electron chi connectivity index (χ1n) is 10.8. The van der Waals surface area contributed by atoms with Gasteiger partial charge in [-0.25, -0.2) is 9.37 Å². The number of likely N-dealkylation sites (tertiary alicyclic amines) is 1. The molecule has 1 N–H and O–H groups in total. The molecule has 1 atom stereocenters. The van der Waals surface area contributed by atoms with Crippen molar-refractivity contribution in [2.45, 2.75) is 45.3 Å². The monoisotopic (exact) mass is 515 g/mol. The molecule has 0 radical (unpaired) electrons. The van der Waals surface area contributed by atoms with E-state index in [1.54, 1.807) is 4.90 Å². The van der Waals surface area contributed by atoms with Crippen LogP contribution in [0.4, 0.5) is 22.7 Å². The smallest absolute Gasteiger partial charge is 0.383 e. The third-order valence-electron chi connectivity index (χ3n) is 5.69. The van der Waals surface area contributed by atoms with E-state index in [0.717, 1.165) is 37.1 Å². The largest absolute Gasteiger partial charge is 0.435 e. The highest BCUT2D eigenvalue weighted by Gasteiger charge is 2.41. The van der Waals surface area contributed by atoms with Crippen LogP contribution < -0.4 is 5.32 Å². The SMILES string of the molecule is COC[C@H]1CCCN1C(=O)CC(C)(C)C(=O)Nc1nc(C(F)(F)F)c(C(=O)c2ccc(F)cc2)s1. The second kappa shape index (κ2) is 10.4. The zero-order valence-corrected chi connectivity index (χ0v) is 20.2. The predicted molar refractivity (Wildman–Crippen MR) is 121 cm³/mol. The lowest BCUT2D eigenvalue weighted by Crippen LogP contribution is -2.42. The van der Waals surface area contributed by atoms with Crippen LogP contribution in [0.2, 0.25) is 0 Å². The van der Waals surface area contributed by atoms with Gasteiger partial charge < -0.3 is 15.0 Å². The average molecular weight is 516 g/mol. The molecule has 1 saturated heterocycles. The molecule has 12 heteroatoms. The fourth-order valence-corrected chi connectivity index (χ4v) is 4.75. The number of ether oxygens (including phenoxy) is 1. The lowest BCUT2D eigenvalue weighted by atomic mass is 9.87. The van der Waals surface area contributed by atoms with Crippen molar-refractivity contribution in [1.29, 1.82) is 0 Å². The van der Waals surface area contributed by atoms with Gasteiger partial charge in [-0.1, -0.05) is 25.2 Å². The van der Waals surface area contributed by atoms with E-state index in [2.05, 4.69) is 10.3 Å². The van der Waals surface area contributed by atoms with Crippen molar-refractivity contribution >= 4 is 34.1 Å². The van der Waals surface area contributed by atoms with Crippen molar-refractivity contribution in [3.8, 4) is 0 Å². The first-order chi connectivity index (χ1) is 16.3. The van der Waals surface area contributed by atoms with Gasteiger partial charge in [-0.05, 0) is 37.1 Å². The van der Waals surface area contributed by atoms with Gasteiger partial charge >= 0.3 is 6.18 Å². The Morgan fingerprint density at radius 3 is 2.46 bits per heavy atom. The minimum Gasteiger partial charge on any atom is -0.383 e. The van der Waals surface area contributed by atoms with Gasteiger partial charge in [-0.3, -0.25) is 14.4 Å². The summed E-state index contributed by atoms with van der Waals surface area (Å²) in [7, 11) is 1.54. The van der Waals surface area contributed by atoms with E-state index in [9.17, 15) is 31.9 Å². The molecule has 2 aromatic rings. The Balaban J connectivity index is 1.78. The average Bonchev–Trinajstić information content (AvgIpc) is 3.41. The number of hydrogen-bond donors (Lipinski definition) is 1. The van der Waals surface area contributed by atoms with Gasteiger partial charge in [0.2, 0.25) is 17.6 Å². The summed E-state index contributed by atoms with van der Waals surface area (Å²) in [5.74, 6) is -2.61. The van der Waals surface area contributed by atoms with Crippen LogP contribution in [0.15, 0.2) is 24.3 Å². The van der Waals surface area contributed by atoms with Crippen LogP contribution in [-0.4, -0.2) is 53.8 Å². The van der Waals surface area contributed by atoms with Gasteiger partial charge in [0.15, 0.2) is 10.8 Å². The van der Waals surface area contributed by atoms with Crippen LogP contribution in [0.5, 0.6) is 0 Å². The molecular formula is C23H25F4N3O4S. The van der Waals surface area contributed by atoms with Crippen LogP contribution in [0, 0.1) is 11.2 Å². The van der Waals surface area contributed by atoms with E-state index in [0.29, 0.717) is 24.5 Å². The highest BCUT2D eigenvalue weighted by molar-refractivity contribution is 7.18. The van der Waals surface area contributed by atoms with E-state index in [1.165, 1.54) is 21.0 Å². The lowest BCUT2D eigenvalue weighted by molar-refractivity contribution is -0.141. The number of alkyl halides is 3. The molecule has 1 aliphatic heterocycles. The first kappa shape index (κ1) is 26.7. The summed E-state index contributed by atoms with van der Waals surface area (Å²) in [4.78, 5) is 42.8. The van der Waals surface area contributed by atoms with Crippen molar-refractivity contribution < 1.29 is 36.7 Å². The number of nitrogens with one attached hydrogen (secondary N) is 1. The quantitative estimate of drug-likeness (QED) is 0.413. The minimum atomic E-state index is -4.96. The maximum absolute atomic E-state index is 13.6. The first-order valence-corrected chi connectivity index (χ1v) is 11.6. The van der Waals surface area contributed by atoms with Gasteiger partial charge in [0, 0.05) is 25.6 Å². The predicted octanol–water partition coefficient (Wildman–Crippen LogP) is 4.52. The molecule has 190 valence electrons. The molecule has 1 aromatic heterocycles. The summed E-state index contributed by atoms with van der Waals surface area (Å²) in [6, 6.07) is 3.97. The van der Waals surface area contributed by atoms with Crippen molar-refractivity contribution in [2.75, 3.05) is 25.6 Å². The van der Waals surface area contributed by atoms with Gasteiger partial charge in [0.05, 0.1) is 18.1 Å². The molecule has 2 heterocycles. The molecule has 3 rings (SSSR count). The zero-order valence-electron chi connectivity index (χ0n) is 19.4. The standard InChI is InChI=1S/C23H25F4N3O4S/c1-22(2,11-16(31)30-10-4-5-15(30)12-34-3)20(33)29-21-28-19(23(25,26)27)18(35-21)17(32)13-6-8-14(24)9-7-13/h6-9,15H,4-5,10-12H2,1-3H3,(H,28,29,33)/t15-/m1/s1. The molecule has 1 fully saturated rings. The maximum atomic E-state index is 13.6. The second-order valence-electron chi connectivity index (χ2n) is 8.88. The van der Waals surface area contributed by atoms with E-state index in [-0.39, 0.29) is 23.9 Å². The molecule has 0 spiro atoms. The van der Waals surface area contributed by atoms with Crippen LogP contribution in [0.25, 0.3) is 0 Å². The Labute approximate surface area is 203 Å². The lowest BCUT2D eigenvalue weighted by Gasteiger charge is -2.29. The van der Waals surface area contributed by atoms with E-state index in [4.69, 9.17) is 4.74 Å². The Kier molecular flexibility index (Phi) is 7.95. The number of benzene rings is 1. The number of hydrogen-bond acceptors (Lipinski definition) is 6. The fraction of sp³-hybridized carbons (Fsp3) is 0.478. The third kappa shape index (κ3) is 6.23. The Hall–Kier alpha value is -2.86. The number of thiazole rings is 1. The van der Waals surface area contributed by atoms with Crippen LogP contribution in [0.3, 0.4) is 0 Å². The fourth-order valence-electron chi connectivity index (χ4n) is 3.81. The second-order valence-corrected chi connectivity index (χ2v) is 9.88. The number of halogens is 4. The van der Waals surface area contributed by atoms with E-state index >= 15 is 0 Å². The number of aromatic nitrogens is 1. The number of anilines is 1. The molecule has 0 unspecified atom stereocenters. The van der Waals surface area contributed by atoms with Gasteiger partial charge in [-0.2, -0.15) is 13.2 Å². The summed E-state index contributed by atoms with van der Waals surface area (Å²) >= 11 is 0.371. The highest BCUT2D eigenvalue weighted by Crippen LogP contribution is 2.38. The normalized spacial score (nSPS) is 16.4. The minimum absolute atomic E-state index is 0.0836. The number of methoxy groups -OCH3 is 1. The molecule has 1 aromatic carbocycles. The van der Waals surface area contributed by atoms with Crippen LogP contribution >= 0.6 is 11.3 Å². The molecule has 0 bridgehead atoms. The van der Waals surface area contributed by atoms with Crippen molar-refractivity contribution in [3.63, 3.8) is 0 Å². The number of carbonyl (C=O) groups is 3. The summed E-state index contributed by atoms with van der Waals surface area (Å²) in [6.45, 7) is 3.93. The van der Waals surface area contributed by atoms with E-state index in [1.807, 2.05) is 0 Å². The number of ketones is 1. The summed E-state index contributed by atoms with van der Waals surface area (Å²) in [5.41, 5.74) is -2.86. The van der Waals surface area contributed by atoms with Gasteiger partial charge in [-0.15, -0.1) is 0 Å². The van der Waals surface area contributed by atoms with E-state index < -0.39 is 44.8 Å². The Bertz CT molecular complexity index is 1100. The van der Waals surface area contributed by atoms with Crippen molar-refractivity contribution in [2.24, 2.45) is 5.41 Å². The Morgan fingerprint density at radius 1 is 1.20 bits per heavy atom.